The number of aryl methyl sites for hydroxylation is 1. The van der Waals surface area contributed by atoms with E-state index in [2.05, 4.69) is 11.9 Å². The van der Waals surface area contributed by atoms with E-state index in [1.165, 1.54) is 62.2 Å². The molecule has 6 rings (SSSR count). The first kappa shape index (κ1) is 11.8. The van der Waals surface area contributed by atoms with Crippen molar-refractivity contribution in [1.82, 2.24) is 9.97 Å². The van der Waals surface area contributed by atoms with Crippen molar-refractivity contribution in [2.45, 2.75) is 70.1 Å². The Morgan fingerprint density at radius 1 is 1.00 bits per heavy atom. The molecule has 0 radical (unpaired) electrons. The third-order valence-electron chi connectivity index (χ3n) is 6.90. The molecule has 0 saturated heterocycles. The van der Waals surface area contributed by atoms with Crippen molar-refractivity contribution >= 4 is 0 Å². The minimum atomic E-state index is 0.681. The van der Waals surface area contributed by atoms with Crippen molar-refractivity contribution in [3.05, 3.63) is 17.2 Å². The molecule has 20 heavy (non-hydrogen) atoms. The molecule has 1 unspecified atom stereocenters. The molecule has 1 aromatic heterocycles. The van der Waals surface area contributed by atoms with Crippen molar-refractivity contribution in [2.24, 2.45) is 23.7 Å². The van der Waals surface area contributed by atoms with E-state index < -0.39 is 0 Å². The predicted molar refractivity (Wildman–Crippen MR) is 79.7 cm³/mol. The molecule has 4 bridgehead atoms. The summed E-state index contributed by atoms with van der Waals surface area (Å²) in [7, 11) is 0. The number of rotatable bonds is 1. The highest BCUT2D eigenvalue weighted by Gasteiger charge is 2.49. The SMILES string of the molecule is CC1CCCc2[nH]c(C3C4CC5CC(C4)CC3C5)nc21. The topological polar surface area (TPSA) is 28.7 Å². The molecular weight excluding hydrogens is 244 g/mol. The lowest BCUT2D eigenvalue weighted by Gasteiger charge is -2.53. The summed E-state index contributed by atoms with van der Waals surface area (Å²) in [5.41, 5.74) is 2.90. The summed E-state index contributed by atoms with van der Waals surface area (Å²) in [5.74, 6) is 6.89. The zero-order chi connectivity index (χ0) is 13.3. The molecule has 1 N–H and O–H groups in total. The Morgan fingerprint density at radius 3 is 2.35 bits per heavy atom. The van der Waals surface area contributed by atoms with Gasteiger partial charge in [0.15, 0.2) is 0 Å². The van der Waals surface area contributed by atoms with Crippen LogP contribution in [0.2, 0.25) is 0 Å². The molecule has 5 aliphatic carbocycles. The average Bonchev–Trinajstić information content (AvgIpc) is 2.82. The van der Waals surface area contributed by atoms with Gasteiger partial charge < -0.3 is 4.98 Å². The van der Waals surface area contributed by atoms with Gasteiger partial charge in [0.1, 0.15) is 5.82 Å². The first-order valence-electron chi connectivity index (χ1n) is 8.86. The van der Waals surface area contributed by atoms with Crippen molar-refractivity contribution in [3.63, 3.8) is 0 Å². The van der Waals surface area contributed by atoms with Crippen molar-refractivity contribution in [2.75, 3.05) is 0 Å². The van der Waals surface area contributed by atoms with Crippen LogP contribution in [-0.2, 0) is 6.42 Å². The van der Waals surface area contributed by atoms with E-state index in [4.69, 9.17) is 4.98 Å². The normalized spacial score (nSPS) is 45.6. The highest BCUT2D eigenvalue weighted by Crippen LogP contribution is 2.59. The van der Waals surface area contributed by atoms with Gasteiger partial charge in [-0.05, 0) is 75.0 Å². The van der Waals surface area contributed by atoms with E-state index in [-0.39, 0.29) is 0 Å². The maximum atomic E-state index is 5.12. The van der Waals surface area contributed by atoms with E-state index in [0.29, 0.717) is 5.92 Å². The third kappa shape index (κ3) is 1.60. The lowest BCUT2D eigenvalue weighted by Crippen LogP contribution is -2.44. The summed E-state index contributed by atoms with van der Waals surface area (Å²) in [6, 6.07) is 0. The Kier molecular flexibility index (Phi) is 2.43. The molecule has 0 amide bonds. The number of fused-ring (bicyclic) bond motifs is 1. The van der Waals surface area contributed by atoms with Crippen LogP contribution in [0.4, 0.5) is 0 Å². The van der Waals surface area contributed by atoms with Gasteiger partial charge in [-0.1, -0.05) is 6.92 Å². The Labute approximate surface area is 121 Å². The van der Waals surface area contributed by atoms with Crippen LogP contribution in [0.3, 0.4) is 0 Å². The van der Waals surface area contributed by atoms with Crippen LogP contribution in [0.25, 0.3) is 0 Å². The minimum Gasteiger partial charge on any atom is -0.345 e. The highest BCUT2D eigenvalue weighted by molar-refractivity contribution is 5.24. The van der Waals surface area contributed by atoms with Crippen LogP contribution in [-0.4, -0.2) is 9.97 Å². The van der Waals surface area contributed by atoms with Gasteiger partial charge in [-0.3, -0.25) is 0 Å². The van der Waals surface area contributed by atoms with Crippen molar-refractivity contribution in [3.8, 4) is 0 Å². The molecule has 5 aliphatic rings. The number of H-pyrrole nitrogens is 1. The van der Waals surface area contributed by atoms with Crippen molar-refractivity contribution < 1.29 is 0 Å². The average molecular weight is 270 g/mol. The summed E-state index contributed by atoms with van der Waals surface area (Å²) in [5, 5.41) is 0. The van der Waals surface area contributed by atoms with E-state index in [1.54, 1.807) is 6.42 Å². The second-order valence-corrected chi connectivity index (χ2v) is 8.24. The Hall–Kier alpha value is -0.790. The van der Waals surface area contributed by atoms with E-state index >= 15 is 0 Å². The van der Waals surface area contributed by atoms with Crippen LogP contribution in [0, 0.1) is 23.7 Å². The number of hydrogen-bond acceptors (Lipinski definition) is 1. The van der Waals surface area contributed by atoms with Gasteiger partial charge in [0.05, 0.1) is 5.69 Å². The fourth-order valence-corrected chi connectivity index (χ4v) is 6.29. The van der Waals surface area contributed by atoms with Gasteiger partial charge in [0, 0.05) is 17.5 Å². The fraction of sp³-hybridized carbons (Fsp3) is 0.833. The first-order valence-corrected chi connectivity index (χ1v) is 8.86. The second-order valence-electron chi connectivity index (χ2n) is 8.24. The predicted octanol–water partition coefficient (Wildman–Crippen LogP) is 4.39. The number of imidazole rings is 1. The van der Waals surface area contributed by atoms with E-state index in [9.17, 15) is 0 Å². The molecule has 1 heterocycles. The highest BCUT2D eigenvalue weighted by atomic mass is 15.0. The molecule has 4 saturated carbocycles. The van der Waals surface area contributed by atoms with Crippen LogP contribution in [0.5, 0.6) is 0 Å². The number of nitrogens with zero attached hydrogens (tertiary/aromatic N) is 1. The number of aromatic amines is 1. The lowest BCUT2D eigenvalue weighted by molar-refractivity contribution is -0.00544. The summed E-state index contributed by atoms with van der Waals surface area (Å²) < 4.78 is 0. The van der Waals surface area contributed by atoms with E-state index in [0.717, 1.165) is 29.6 Å². The summed E-state index contributed by atoms with van der Waals surface area (Å²) in [4.78, 5) is 8.90. The smallest absolute Gasteiger partial charge is 0.110 e. The largest absolute Gasteiger partial charge is 0.345 e. The number of nitrogens with one attached hydrogen (secondary N) is 1. The number of hydrogen-bond donors (Lipinski definition) is 1. The van der Waals surface area contributed by atoms with Gasteiger partial charge in [0.25, 0.3) is 0 Å². The molecule has 1 atom stereocenters. The van der Waals surface area contributed by atoms with Gasteiger partial charge >= 0.3 is 0 Å². The molecule has 1 aromatic rings. The van der Waals surface area contributed by atoms with Gasteiger partial charge in [-0.25, -0.2) is 4.98 Å². The fourth-order valence-electron chi connectivity index (χ4n) is 6.29. The monoisotopic (exact) mass is 270 g/mol. The summed E-state index contributed by atoms with van der Waals surface area (Å²) in [6.07, 6.45) is 11.5. The molecule has 2 nitrogen and oxygen atoms in total. The zero-order valence-electron chi connectivity index (χ0n) is 12.6. The van der Waals surface area contributed by atoms with Crippen LogP contribution >= 0.6 is 0 Å². The van der Waals surface area contributed by atoms with Gasteiger partial charge in [-0.15, -0.1) is 0 Å². The second kappa shape index (κ2) is 4.11. The Balaban J connectivity index is 1.51. The standard InChI is InChI=1S/C18H26N2/c1-10-3-2-4-15-17(10)20-18(19-15)16-13-6-11-5-12(8-13)9-14(16)7-11/h10-14,16H,2-9H2,1H3,(H,19,20). The molecule has 108 valence electrons. The quantitative estimate of drug-likeness (QED) is 0.805. The van der Waals surface area contributed by atoms with Gasteiger partial charge in [-0.2, -0.15) is 0 Å². The van der Waals surface area contributed by atoms with Crippen molar-refractivity contribution in [1.29, 1.82) is 0 Å². The zero-order valence-corrected chi connectivity index (χ0v) is 12.6. The summed E-state index contributed by atoms with van der Waals surface area (Å²) >= 11 is 0. The molecular formula is C18H26N2. The van der Waals surface area contributed by atoms with Crippen LogP contribution in [0.15, 0.2) is 0 Å². The summed E-state index contributed by atoms with van der Waals surface area (Å²) in [6.45, 7) is 2.36. The van der Waals surface area contributed by atoms with Gasteiger partial charge in [0.2, 0.25) is 0 Å². The molecule has 2 heteroatoms. The number of aromatic nitrogens is 2. The third-order valence-corrected chi connectivity index (χ3v) is 6.90. The molecule has 0 spiro atoms. The molecule has 4 fully saturated rings. The van der Waals surface area contributed by atoms with Crippen LogP contribution in [0.1, 0.15) is 80.9 Å². The van der Waals surface area contributed by atoms with Crippen LogP contribution < -0.4 is 0 Å². The Morgan fingerprint density at radius 2 is 1.70 bits per heavy atom. The van der Waals surface area contributed by atoms with E-state index in [1.807, 2.05) is 0 Å². The maximum Gasteiger partial charge on any atom is 0.110 e. The first-order chi connectivity index (χ1) is 9.78. The lowest BCUT2D eigenvalue weighted by atomic mass is 9.52. The molecule has 0 aliphatic heterocycles. The Bertz CT molecular complexity index is 502. The minimum absolute atomic E-state index is 0.681. The molecule has 0 aromatic carbocycles. The maximum absolute atomic E-state index is 5.12.